The molecule has 3 N–H and O–H groups in total. The summed E-state index contributed by atoms with van der Waals surface area (Å²) in [6.45, 7) is 4.14. The van der Waals surface area contributed by atoms with Crippen LogP contribution in [0, 0.1) is 13.8 Å². The predicted octanol–water partition coefficient (Wildman–Crippen LogP) is 3.05. The molecule has 0 spiro atoms. The second-order valence-corrected chi connectivity index (χ2v) is 5.22. The zero-order valence-electron chi connectivity index (χ0n) is 11.7. The van der Waals surface area contributed by atoms with E-state index in [4.69, 9.17) is 10.6 Å². The Balaban J connectivity index is 1.88. The molecule has 0 bridgehead atoms. The fraction of sp³-hybridized carbons (Fsp3) is 0.333. The number of aryl methyl sites for hydroxylation is 2. The lowest BCUT2D eigenvalue weighted by molar-refractivity contribution is 0.458. The Morgan fingerprint density at radius 1 is 1.15 bits per heavy atom. The van der Waals surface area contributed by atoms with Crippen LogP contribution in [0.2, 0.25) is 0 Å². The van der Waals surface area contributed by atoms with Gasteiger partial charge in [-0.1, -0.05) is 6.07 Å². The van der Waals surface area contributed by atoms with Crippen LogP contribution in [0.15, 0.2) is 24.3 Å². The van der Waals surface area contributed by atoms with Gasteiger partial charge in [0.1, 0.15) is 17.4 Å². The second-order valence-electron chi connectivity index (χ2n) is 5.22. The van der Waals surface area contributed by atoms with E-state index in [0.29, 0.717) is 17.6 Å². The number of ether oxygens (including phenoxy) is 1. The van der Waals surface area contributed by atoms with Crippen LogP contribution in [0.4, 0.5) is 5.82 Å². The van der Waals surface area contributed by atoms with Gasteiger partial charge in [-0.3, -0.25) is 0 Å². The van der Waals surface area contributed by atoms with Crippen LogP contribution in [0.1, 0.15) is 35.7 Å². The van der Waals surface area contributed by atoms with Gasteiger partial charge < -0.3 is 10.2 Å². The summed E-state index contributed by atoms with van der Waals surface area (Å²) in [5.41, 5.74) is 5.00. The van der Waals surface area contributed by atoms with Crippen molar-refractivity contribution in [2.24, 2.45) is 5.84 Å². The number of benzene rings is 1. The third-order valence-electron chi connectivity index (χ3n) is 3.51. The average molecular weight is 270 g/mol. The Hall–Kier alpha value is -2.14. The molecule has 3 rings (SSSR count). The number of aromatic nitrogens is 2. The Labute approximate surface area is 118 Å². The smallest absolute Gasteiger partial charge is 0.224 e. The normalized spacial score (nSPS) is 14.2. The fourth-order valence-corrected chi connectivity index (χ4v) is 1.99. The summed E-state index contributed by atoms with van der Waals surface area (Å²) in [7, 11) is 0. The van der Waals surface area contributed by atoms with Gasteiger partial charge in [0.05, 0.1) is 0 Å². The molecule has 104 valence electrons. The van der Waals surface area contributed by atoms with Crippen molar-refractivity contribution in [2.45, 2.75) is 32.6 Å². The summed E-state index contributed by atoms with van der Waals surface area (Å²) in [5, 5.41) is 0. The molecule has 0 aliphatic heterocycles. The molecule has 2 aromatic rings. The summed E-state index contributed by atoms with van der Waals surface area (Å²) in [5.74, 6) is 8.59. The maximum absolute atomic E-state index is 5.83. The molecule has 20 heavy (non-hydrogen) atoms. The highest BCUT2D eigenvalue weighted by molar-refractivity contribution is 5.41. The zero-order chi connectivity index (χ0) is 14.1. The number of hydrogen-bond acceptors (Lipinski definition) is 5. The van der Waals surface area contributed by atoms with Crippen molar-refractivity contribution < 1.29 is 4.74 Å². The van der Waals surface area contributed by atoms with E-state index < -0.39 is 0 Å². The lowest BCUT2D eigenvalue weighted by Crippen LogP contribution is -2.10. The first-order chi connectivity index (χ1) is 9.65. The van der Waals surface area contributed by atoms with E-state index in [1.165, 1.54) is 11.1 Å². The van der Waals surface area contributed by atoms with E-state index in [1.54, 1.807) is 6.07 Å². The van der Waals surface area contributed by atoms with Crippen LogP contribution < -0.4 is 16.0 Å². The summed E-state index contributed by atoms with van der Waals surface area (Å²) in [6.07, 6.45) is 2.27. The number of nitrogens with two attached hydrogens (primary N) is 1. The summed E-state index contributed by atoms with van der Waals surface area (Å²) < 4.78 is 5.83. The van der Waals surface area contributed by atoms with E-state index in [2.05, 4.69) is 29.2 Å². The number of nitrogen functional groups attached to an aromatic ring is 1. The summed E-state index contributed by atoms with van der Waals surface area (Å²) in [6, 6.07) is 7.69. The van der Waals surface area contributed by atoms with Crippen LogP contribution in [0.25, 0.3) is 0 Å². The molecule has 1 heterocycles. The average Bonchev–Trinajstić information content (AvgIpc) is 3.27. The first-order valence-corrected chi connectivity index (χ1v) is 6.76. The van der Waals surface area contributed by atoms with Crippen molar-refractivity contribution in [3.8, 4) is 11.6 Å². The molecule has 1 aromatic carbocycles. The topological polar surface area (TPSA) is 73.1 Å². The quantitative estimate of drug-likeness (QED) is 0.660. The van der Waals surface area contributed by atoms with Crippen LogP contribution in [0.5, 0.6) is 11.6 Å². The Bertz CT molecular complexity index is 638. The summed E-state index contributed by atoms with van der Waals surface area (Å²) in [4.78, 5) is 8.82. The third-order valence-corrected chi connectivity index (χ3v) is 3.51. The molecule has 1 fully saturated rings. The van der Waals surface area contributed by atoms with E-state index in [1.807, 2.05) is 18.2 Å². The molecule has 1 saturated carbocycles. The van der Waals surface area contributed by atoms with Crippen molar-refractivity contribution >= 4 is 5.82 Å². The minimum atomic E-state index is 0.449. The predicted molar refractivity (Wildman–Crippen MR) is 77.8 cm³/mol. The molecule has 0 amide bonds. The van der Waals surface area contributed by atoms with Gasteiger partial charge in [-0.25, -0.2) is 10.8 Å². The van der Waals surface area contributed by atoms with Gasteiger partial charge in [-0.2, -0.15) is 4.98 Å². The lowest BCUT2D eigenvalue weighted by Gasteiger charge is -2.10. The first kappa shape index (κ1) is 12.9. The molecule has 0 atom stereocenters. The number of anilines is 1. The minimum Gasteiger partial charge on any atom is -0.439 e. The summed E-state index contributed by atoms with van der Waals surface area (Å²) >= 11 is 0. The molecular formula is C15H18N4O. The molecule has 1 aliphatic rings. The Morgan fingerprint density at radius 3 is 2.60 bits per heavy atom. The molecule has 5 heteroatoms. The molecule has 5 nitrogen and oxygen atoms in total. The standard InChI is InChI=1S/C15H18N4O/c1-9-3-6-12(7-10(9)2)20-14-8-13(19-16)17-15(18-14)11-4-5-11/h3,6-8,11H,4-5,16H2,1-2H3,(H,17,18,19). The molecule has 1 aliphatic carbocycles. The van der Waals surface area contributed by atoms with Gasteiger partial charge in [0.2, 0.25) is 5.88 Å². The number of nitrogens with zero attached hydrogens (tertiary/aromatic N) is 2. The van der Waals surface area contributed by atoms with Crippen molar-refractivity contribution in [3.05, 3.63) is 41.2 Å². The molecule has 0 radical (unpaired) electrons. The number of rotatable bonds is 4. The minimum absolute atomic E-state index is 0.449. The maximum Gasteiger partial charge on any atom is 0.224 e. The number of hydrazine groups is 1. The second kappa shape index (κ2) is 5.09. The monoisotopic (exact) mass is 270 g/mol. The molecule has 1 aromatic heterocycles. The first-order valence-electron chi connectivity index (χ1n) is 6.76. The third kappa shape index (κ3) is 2.72. The van der Waals surface area contributed by atoms with Gasteiger partial charge in [-0.15, -0.1) is 0 Å². The Kier molecular flexibility index (Phi) is 3.28. The van der Waals surface area contributed by atoms with Crippen LogP contribution >= 0.6 is 0 Å². The van der Waals surface area contributed by atoms with Crippen LogP contribution in [-0.2, 0) is 0 Å². The fourth-order valence-electron chi connectivity index (χ4n) is 1.99. The van der Waals surface area contributed by atoms with Crippen molar-refractivity contribution in [1.82, 2.24) is 9.97 Å². The van der Waals surface area contributed by atoms with E-state index >= 15 is 0 Å². The van der Waals surface area contributed by atoms with Gasteiger partial charge in [-0.05, 0) is 49.9 Å². The van der Waals surface area contributed by atoms with Crippen LogP contribution in [-0.4, -0.2) is 9.97 Å². The van der Waals surface area contributed by atoms with Crippen molar-refractivity contribution in [3.63, 3.8) is 0 Å². The lowest BCUT2D eigenvalue weighted by atomic mass is 10.1. The van der Waals surface area contributed by atoms with E-state index in [0.717, 1.165) is 24.4 Å². The van der Waals surface area contributed by atoms with Crippen LogP contribution in [0.3, 0.4) is 0 Å². The van der Waals surface area contributed by atoms with E-state index in [9.17, 15) is 0 Å². The number of hydrogen-bond donors (Lipinski definition) is 2. The van der Waals surface area contributed by atoms with Gasteiger partial charge in [0.15, 0.2) is 0 Å². The van der Waals surface area contributed by atoms with Gasteiger partial charge in [0.25, 0.3) is 0 Å². The van der Waals surface area contributed by atoms with Crippen molar-refractivity contribution in [1.29, 1.82) is 0 Å². The molecule has 0 saturated heterocycles. The molecule has 0 unspecified atom stereocenters. The highest BCUT2D eigenvalue weighted by Gasteiger charge is 2.27. The van der Waals surface area contributed by atoms with Crippen molar-refractivity contribution in [2.75, 3.05) is 5.43 Å². The highest BCUT2D eigenvalue weighted by atomic mass is 16.5. The largest absolute Gasteiger partial charge is 0.439 e. The molecular weight excluding hydrogens is 252 g/mol. The van der Waals surface area contributed by atoms with Gasteiger partial charge in [0, 0.05) is 12.0 Å². The number of nitrogens with one attached hydrogen (secondary N) is 1. The zero-order valence-corrected chi connectivity index (χ0v) is 11.7. The Morgan fingerprint density at radius 2 is 1.95 bits per heavy atom. The highest BCUT2D eigenvalue weighted by Crippen LogP contribution is 2.39. The SMILES string of the molecule is Cc1ccc(Oc2cc(NN)nc(C3CC3)n2)cc1C. The van der Waals surface area contributed by atoms with Gasteiger partial charge >= 0.3 is 0 Å². The maximum atomic E-state index is 5.83. The van der Waals surface area contributed by atoms with E-state index in [-0.39, 0.29) is 0 Å².